The van der Waals surface area contributed by atoms with Crippen molar-refractivity contribution in [2.24, 2.45) is 0 Å². The van der Waals surface area contributed by atoms with E-state index in [2.05, 4.69) is 25.9 Å². The number of aromatic nitrogens is 4. The number of tetrazole rings is 1. The molecule has 0 unspecified atom stereocenters. The van der Waals surface area contributed by atoms with Gasteiger partial charge in [0, 0.05) is 11.9 Å². The van der Waals surface area contributed by atoms with Gasteiger partial charge in [-0.1, -0.05) is 24.3 Å². The molecule has 0 atom stereocenters. The molecule has 0 aliphatic heterocycles. The lowest BCUT2D eigenvalue weighted by Gasteiger charge is -2.09. The summed E-state index contributed by atoms with van der Waals surface area (Å²) in [6.07, 6.45) is 1.35. The fraction of sp³-hybridized carbons (Fsp3) is 0.150. The fourth-order valence-electron chi connectivity index (χ4n) is 2.44. The second-order valence-electron chi connectivity index (χ2n) is 6.16. The summed E-state index contributed by atoms with van der Waals surface area (Å²) in [4.78, 5) is 12.1. The fourth-order valence-corrected chi connectivity index (χ4v) is 2.44. The number of esters is 1. The number of anilines is 1. The Hall–Kier alpha value is -3.99. The Morgan fingerprint density at radius 1 is 1.21 bits per heavy atom. The normalized spacial score (nSPS) is 11.1. The van der Waals surface area contributed by atoms with Gasteiger partial charge in [-0.25, -0.2) is 4.79 Å². The molecule has 0 fully saturated rings. The van der Waals surface area contributed by atoms with Crippen LogP contribution in [0.5, 0.6) is 0 Å². The molecule has 0 aliphatic rings. The Kier molecular flexibility index (Phi) is 5.77. The van der Waals surface area contributed by atoms with Crippen molar-refractivity contribution in [2.45, 2.75) is 20.0 Å². The minimum absolute atomic E-state index is 0.166. The van der Waals surface area contributed by atoms with Gasteiger partial charge in [-0.3, -0.25) is 0 Å². The van der Waals surface area contributed by atoms with Gasteiger partial charge in [0.25, 0.3) is 0 Å². The van der Waals surface area contributed by atoms with Crippen LogP contribution in [0.1, 0.15) is 30.0 Å². The van der Waals surface area contributed by atoms with Gasteiger partial charge >= 0.3 is 5.97 Å². The average molecular weight is 374 g/mol. The minimum atomic E-state index is -0.342. The summed E-state index contributed by atoms with van der Waals surface area (Å²) in [5.74, 6) is -0.123. The van der Waals surface area contributed by atoms with Crippen LogP contribution in [0.4, 0.5) is 5.69 Å². The standard InChI is InChI=1S/C20H18N6O2/c1-13(2)28-20(27)16-5-3-4-15(10-16)14-6-8-18(9-7-14)22-12-17(11-21)19-23-25-26-24-19/h3-10,12-13,22H,1-2H3,(H,23,24,25,26). The molecule has 0 radical (unpaired) electrons. The van der Waals surface area contributed by atoms with Crippen molar-refractivity contribution in [3.05, 3.63) is 66.1 Å². The molecule has 0 aliphatic carbocycles. The van der Waals surface area contributed by atoms with E-state index in [1.165, 1.54) is 6.20 Å². The van der Waals surface area contributed by atoms with E-state index in [1.54, 1.807) is 12.1 Å². The summed E-state index contributed by atoms with van der Waals surface area (Å²) in [6.45, 7) is 3.64. The predicted octanol–water partition coefficient (Wildman–Crippen LogP) is 3.41. The monoisotopic (exact) mass is 374 g/mol. The highest BCUT2D eigenvalue weighted by Crippen LogP contribution is 2.23. The van der Waals surface area contributed by atoms with E-state index in [0.29, 0.717) is 5.56 Å². The molecule has 0 saturated heterocycles. The van der Waals surface area contributed by atoms with E-state index in [0.717, 1.165) is 16.8 Å². The van der Waals surface area contributed by atoms with E-state index >= 15 is 0 Å². The summed E-state index contributed by atoms with van der Waals surface area (Å²) in [5.41, 5.74) is 3.41. The summed E-state index contributed by atoms with van der Waals surface area (Å²) < 4.78 is 5.24. The number of H-pyrrole nitrogens is 1. The van der Waals surface area contributed by atoms with Gasteiger partial charge in [0.05, 0.1) is 11.7 Å². The van der Waals surface area contributed by atoms with Crippen LogP contribution in [0, 0.1) is 11.3 Å². The van der Waals surface area contributed by atoms with Crippen LogP contribution in [-0.2, 0) is 4.74 Å². The number of allylic oxidation sites excluding steroid dienone is 1. The Morgan fingerprint density at radius 2 is 2.00 bits per heavy atom. The lowest BCUT2D eigenvalue weighted by atomic mass is 10.0. The number of hydrogen-bond acceptors (Lipinski definition) is 7. The lowest BCUT2D eigenvalue weighted by molar-refractivity contribution is 0.0378. The molecule has 28 heavy (non-hydrogen) atoms. The predicted molar refractivity (Wildman–Crippen MR) is 104 cm³/mol. The van der Waals surface area contributed by atoms with E-state index < -0.39 is 0 Å². The van der Waals surface area contributed by atoms with Crippen molar-refractivity contribution in [3.8, 4) is 17.2 Å². The number of benzene rings is 2. The van der Waals surface area contributed by atoms with Crippen molar-refractivity contribution < 1.29 is 9.53 Å². The molecular weight excluding hydrogens is 356 g/mol. The van der Waals surface area contributed by atoms with Crippen LogP contribution in [0.2, 0.25) is 0 Å². The number of rotatable bonds is 6. The van der Waals surface area contributed by atoms with Crippen molar-refractivity contribution >= 4 is 17.2 Å². The second-order valence-corrected chi connectivity index (χ2v) is 6.16. The Bertz CT molecular complexity index is 1020. The van der Waals surface area contributed by atoms with Gasteiger partial charge in [-0.15, -0.1) is 10.2 Å². The zero-order chi connectivity index (χ0) is 19.9. The zero-order valence-electron chi connectivity index (χ0n) is 15.4. The Labute approximate surface area is 161 Å². The Morgan fingerprint density at radius 3 is 2.64 bits per heavy atom. The van der Waals surface area contributed by atoms with Gasteiger partial charge in [0.1, 0.15) is 11.6 Å². The van der Waals surface area contributed by atoms with Gasteiger partial charge in [-0.05, 0) is 54.5 Å². The van der Waals surface area contributed by atoms with E-state index in [-0.39, 0.29) is 23.5 Å². The van der Waals surface area contributed by atoms with Crippen LogP contribution in [-0.4, -0.2) is 32.7 Å². The largest absolute Gasteiger partial charge is 0.459 e. The minimum Gasteiger partial charge on any atom is -0.459 e. The van der Waals surface area contributed by atoms with Gasteiger partial charge in [-0.2, -0.15) is 10.5 Å². The third-order valence-corrected chi connectivity index (χ3v) is 3.75. The molecule has 1 heterocycles. The summed E-state index contributed by atoms with van der Waals surface area (Å²) in [7, 11) is 0. The first-order chi connectivity index (χ1) is 13.6. The molecule has 8 nitrogen and oxygen atoms in total. The molecule has 1 aromatic heterocycles. The third kappa shape index (κ3) is 4.59. The number of nitriles is 1. The molecule has 8 heteroatoms. The van der Waals surface area contributed by atoms with Gasteiger partial charge in [0.15, 0.2) is 0 Å². The average Bonchev–Trinajstić information content (AvgIpc) is 3.23. The maximum atomic E-state index is 12.1. The van der Waals surface area contributed by atoms with Crippen LogP contribution < -0.4 is 5.32 Å². The van der Waals surface area contributed by atoms with Crippen molar-refractivity contribution in [1.82, 2.24) is 20.6 Å². The first-order valence-corrected chi connectivity index (χ1v) is 8.59. The van der Waals surface area contributed by atoms with Crippen molar-refractivity contribution in [2.75, 3.05) is 5.32 Å². The molecule has 0 saturated carbocycles. The summed E-state index contributed by atoms with van der Waals surface area (Å²) in [6, 6.07) is 16.9. The molecule has 0 amide bonds. The molecule has 2 N–H and O–H groups in total. The zero-order valence-corrected chi connectivity index (χ0v) is 15.4. The molecule has 140 valence electrons. The first kappa shape index (κ1) is 18.8. The second kappa shape index (κ2) is 8.60. The molecule has 0 bridgehead atoms. The first-order valence-electron chi connectivity index (χ1n) is 8.59. The van der Waals surface area contributed by atoms with Crippen molar-refractivity contribution in [1.29, 1.82) is 5.26 Å². The number of carbonyl (C=O) groups is 1. The van der Waals surface area contributed by atoms with Crippen LogP contribution in [0.15, 0.2) is 54.7 Å². The summed E-state index contributed by atoms with van der Waals surface area (Å²) in [5, 5.41) is 25.5. The molecule has 0 spiro atoms. The molecule has 3 aromatic rings. The van der Waals surface area contributed by atoms with Crippen LogP contribution in [0.3, 0.4) is 0 Å². The van der Waals surface area contributed by atoms with Crippen molar-refractivity contribution in [3.63, 3.8) is 0 Å². The molecule has 2 aromatic carbocycles. The van der Waals surface area contributed by atoms with Gasteiger partial charge in [0.2, 0.25) is 5.82 Å². The van der Waals surface area contributed by atoms with Crippen LogP contribution in [0.25, 0.3) is 16.7 Å². The highest BCUT2D eigenvalue weighted by atomic mass is 16.5. The summed E-state index contributed by atoms with van der Waals surface area (Å²) >= 11 is 0. The Balaban J connectivity index is 1.74. The number of hydrogen-bond donors (Lipinski definition) is 2. The third-order valence-electron chi connectivity index (χ3n) is 3.75. The van der Waals surface area contributed by atoms with Gasteiger partial charge < -0.3 is 10.1 Å². The molecule has 3 rings (SSSR count). The van der Waals surface area contributed by atoms with E-state index in [4.69, 9.17) is 4.74 Å². The topological polar surface area (TPSA) is 117 Å². The highest BCUT2D eigenvalue weighted by molar-refractivity contribution is 5.91. The smallest absolute Gasteiger partial charge is 0.338 e. The SMILES string of the molecule is CC(C)OC(=O)c1cccc(-c2ccc(NC=C(C#N)c3nn[nH]n3)cc2)c1. The lowest BCUT2D eigenvalue weighted by Crippen LogP contribution is -2.11. The number of carbonyl (C=O) groups excluding carboxylic acids is 1. The quantitative estimate of drug-likeness (QED) is 0.501. The van der Waals surface area contributed by atoms with Crippen LogP contribution >= 0.6 is 0 Å². The molecular formula is C20H18N6O2. The number of nitrogens with zero attached hydrogens (tertiary/aromatic N) is 4. The number of aromatic amines is 1. The van der Waals surface area contributed by atoms with E-state index in [1.807, 2.05) is 56.3 Å². The highest BCUT2D eigenvalue weighted by Gasteiger charge is 2.10. The number of ether oxygens (including phenoxy) is 1. The number of nitrogens with one attached hydrogen (secondary N) is 2. The maximum Gasteiger partial charge on any atom is 0.338 e. The maximum absolute atomic E-state index is 12.1. The van der Waals surface area contributed by atoms with E-state index in [9.17, 15) is 10.1 Å².